The third-order valence-electron chi connectivity index (χ3n) is 3.07. The van der Waals surface area contributed by atoms with Gasteiger partial charge >= 0.3 is 0 Å². The second-order valence-electron chi connectivity index (χ2n) is 4.61. The highest BCUT2D eigenvalue weighted by atomic mass is 32.2. The highest BCUT2D eigenvalue weighted by Gasteiger charge is 2.17. The van der Waals surface area contributed by atoms with Gasteiger partial charge in [0.05, 0.1) is 4.90 Å². The average Bonchev–Trinajstić information content (AvgIpc) is 2.43. The molecule has 0 saturated carbocycles. The lowest BCUT2D eigenvalue weighted by molar-refractivity contribution is 0.531. The van der Waals surface area contributed by atoms with Crippen LogP contribution in [0.3, 0.4) is 0 Å². The molecule has 0 saturated heterocycles. The summed E-state index contributed by atoms with van der Waals surface area (Å²) in [6.07, 6.45) is 0. The lowest BCUT2D eigenvalue weighted by Gasteiger charge is -2.18. The Morgan fingerprint density at radius 1 is 1.05 bits per heavy atom. The molecule has 0 bridgehead atoms. The summed E-state index contributed by atoms with van der Waals surface area (Å²) in [5.41, 5.74) is 0.466. The maximum Gasteiger partial charge on any atom is 0.137 e. The molecule has 1 N–H and O–H groups in total. The van der Waals surface area contributed by atoms with E-state index in [4.69, 9.17) is 0 Å². The molecule has 5 heteroatoms. The Bertz CT molecular complexity index is 631. The molecule has 0 spiro atoms. The molecule has 0 amide bonds. The topological polar surface area (TPSA) is 12.0 Å². The van der Waals surface area contributed by atoms with Gasteiger partial charge in [-0.05, 0) is 43.8 Å². The van der Waals surface area contributed by atoms with E-state index < -0.39 is 11.6 Å². The molecule has 2 aromatic rings. The Hall–Kier alpha value is -1.46. The van der Waals surface area contributed by atoms with Gasteiger partial charge in [-0.3, -0.25) is 0 Å². The standard InChI is InChI=1S/C16H16F3NS/c1-3-20-10(2)16-13(19)5-4-6-14(16)21-15-9-11(17)7-8-12(15)18/h4-10,20H,3H2,1-2H3. The van der Waals surface area contributed by atoms with Crippen LogP contribution in [0.1, 0.15) is 25.5 Å². The third-order valence-corrected chi connectivity index (χ3v) is 4.18. The Kier molecular flexibility index (Phi) is 5.31. The minimum Gasteiger partial charge on any atom is -0.310 e. The monoisotopic (exact) mass is 311 g/mol. The molecule has 0 aliphatic rings. The molecule has 1 nitrogen and oxygen atoms in total. The molecule has 2 rings (SSSR count). The molecule has 0 heterocycles. The van der Waals surface area contributed by atoms with Gasteiger partial charge in [0.25, 0.3) is 0 Å². The van der Waals surface area contributed by atoms with Crippen molar-refractivity contribution in [1.82, 2.24) is 5.32 Å². The SMILES string of the molecule is CCNC(C)c1c(F)cccc1Sc1cc(F)ccc1F. The summed E-state index contributed by atoms with van der Waals surface area (Å²) in [4.78, 5) is 0.721. The number of benzene rings is 2. The fraction of sp³-hybridized carbons (Fsp3) is 0.250. The molecule has 2 aromatic carbocycles. The van der Waals surface area contributed by atoms with Crippen molar-refractivity contribution in [2.75, 3.05) is 6.54 Å². The number of hydrogen-bond acceptors (Lipinski definition) is 2. The van der Waals surface area contributed by atoms with E-state index in [1.54, 1.807) is 12.1 Å². The summed E-state index contributed by atoms with van der Waals surface area (Å²) in [6, 6.07) is 7.69. The predicted octanol–water partition coefficient (Wildman–Crippen LogP) is 4.93. The molecule has 0 aliphatic heterocycles. The van der Waals surface area contributed by atoms with Crippen LogP contribution >= 0.6 is 11.8 Å². The van der Waals surface area contributed by atoms with E-state index in [1.807, 2.05) is 13.8 Å². The van der Waals surface area contributed by atoms with E-state index in [9.17, 15) is 13.2 Å². The Morgan fingerprint density at radius 3 is 2.52 bits per heavy atom. The van der Waals surface area contributed by atoms with Crippen LogP contribution in [0.25, 0.3) is 0 Å². The molecule has 21 heavy (non-hydrogen) atoms. The summed E-state index contributed by atoms with van der Waals surface area (Å²) in [5.74, 6) is -1.39. The number of hydrogen-bond donors (Lipinski definition) is 1. The summed E-state index contributed by atoms with van der Waals surface area (Å²) in [5, 5.41) is 3.13. The summed E-state index contributed by atoms with van der Waals surface area (Å²) >= 11 is 1.03. The molecule has 1 unspecified atom stereocenters. The van der Waals surface area contributed by atoms with E-state index in [2.05, 4.69) is 5.32 Å². The van der Waals surface area contributed by atoms with Crippen LogP contribution in [-0.2, 0) is 0 Å². The fourth-order valence-corrected chi connectivity index (χ4v) is 3.21. The van der Waals surface area contributed by atoms with Crippen molar-refractivity contribution in [3.63, 3.8) is 0 Å². The number of rotatable bonds is 5. The zero-order chi connectivity index (χ0) is 15.4. The minimum absolute atomic E-state index is 0.144. The molecular weight excluding hydrogens is 295 g/mol. The Balaban J connectivity index is 2.40. The van der Waals surface area contributed by atoms with Crippen molar-refractivity contribution in [1.29, 1.82) is 0 Å². The zero-order valence-corrected chi connectivity index (χ0v) is 12.6. The second kappa shape index (κ2) is 7.00. The summed E-state index contributed by atoms with van der Waals surface area (Å²) in [7, 11) is 0. The quantitative estimate of drug-likeness (QED) is 0.840. The summed E-state index contributed by atoms with van der Waals surface area (Å²) in [6.45, 7) is 4.46. The fourth-order valence-electron chi connectivity index (χ4n) is 2.11. The Morgan fingerprint density at radius 2 is 1.81 bits per heavy atom. The van der Waals surface area contributed by atoms with Gasteiger partial charge in [0.15, 0.2) is 0 Å². The second-order valence-corrected chi connectivity index (χ2v) is 5.69. The van der Waals surface area contributed by atoms with Gasteiger partial charge in [-0.15, -0.1) is 0 Å². The van der Waals surface area contributed by atoms with Gasteiger partial charge in [-0.1, -0.05) is 24.8 Å². The van der Waals surface area contributed by atoms with E-state index in [-0.39, 0.29) is 16.8 Å². The number of nitrogens with one attached hydrogen (secondary N) is 1. The lowest BCUT2D eigenvalue weighted by atomic mass is 10.1. The molecule has 112 valence electrons. The first kappa shape index (κ1) is 15.9. The van der Waals surface area contributed by atoms with Crippen molar-refractivity contribution in [3.05, 3.63) is 59.4 Å². The van der Waals surface area contributed by atoms with E-state index >= 15 is 0 Å². The van der Waals surface area contributed by atoms with Gasteiger partial charge in [0, 0.05) is 16.5 Å². The normalized spacial score (nSPS) is 12.4. The van der Waals surface area contributed by atoms with Crippen molar-refractivity contribution in [2.24, 2.45) is 0 Å². The Labute approximate surface area is 126 Å². The van der Waals surface area contributed by atoms with Crippen LogP contribution in [0.2, 0.25) is 0 Å². The van der Waals surface area contributed by atoms with Crippen LogP contribution < -0.4 is 5.32 Å². The highest BCUT2D eigenvalue weighted by Crippen LogP contribution is 2.36. The van der Waals surface area contributed by atoms with Crippen molar-refractivity contribution in [2.45, 2.75) is 29.7 Å². The van der Waals surface area contributed by atoms with Crippen molar-refractivity contribution >= 4 is 11.8 Å². The van der Waals surface area contributed by atoms with Gasteiger partial charge in [-0.25, -0.2) is 13.2 Å². The van der Waals surface area contributed by atoms with E-state index in [0.29, 0.717) is 17.0 Å². The molecule has 1 atom stereocenters. The molecule has 0 aliphatic carbocycles. The van der Waals surface area contributed by atoms with Crippen molar-refractivity contribution < 1.29 is 13.2 Å². The predicted molar refractivity (Wildman–Crippen MR) is 79.0 cm³/mol. The van der Waals surface area contributed by atoms with Gasteiger partial charge in [0.1, 0.15) is 17.5 Å². The molecule has 0 aromatic heterocycles. The van der Waals surface area contributed by atoms with Crippen LogP contribution in [-0.4, -0.2) is 6.54 Å². The van der Waals surface area contributed by atoms with Crippen LogP contribution in [0, 0.1) is 17.5 Å². The maximum absolute atomic E-state index is 14.1. The summed E-state index contributed by atoms with van der Waals surface area (Å²) < 4.78 is 41.1. The number of halogens is 3. The largest absolute Gasteiger partial charge is 0.310 e. The first-order valence-corrected chi connectivity index (χ1v) is 7.49. The van der Waals surface area contributed by atoms with Crippen molar-refractivity contribution in [3.8, 4) is 0 Å². The van der Waals surface area contributed by atoms with Crippen LogP contribution in [0.4, 0.5) is 13.2 Å². The van der Waals surface area contributed by atoms with Gasteiger partial charge in [-0.2, -0.15) is 0 Å². The van der Waals surface area contributed by atoms with Gasteiger partial charge in [0.2, 0.25) is 0 Å². The molecular formula is C16H16F3NS. The smallest absolute Gasteiger partial charge is 0.137 e. The molecule has 0 radical (unpaired) electrons. The van der Waals surface area contributed by atoms with Gasteiger partial charge < -0.3 is 5.32 Å². The average molecular weight is 311 g/mol. The lowest BCUT2D eigenvalue weighted by Crippen LogP contribution is -2.19. The first-order valence-electron chi connectivity index (χ1n) is 6.67. The highest BCUT2D eigenvalue weighted by molar-refractivity contribution is 7.99. The molecule has 0 fully saturated rings. The maximum atomic E-state index is 14.1. The van der Waals surface area contributed by atoms with Crippen LogP contribution in [0.5, 0.6) is 0 Å². The van der Waals surface area contributed by atoms with E-state index in [1.165, 1.54) is 6.07 Å². The first-order chi connectivity index (χ1) is 10.0. The minimum atomic E-state index is -0.521. The van der Waals surface area contributed by atoms with E-state index in [0.717, 1.165) is 30.0 Å². The van der Waals surface area contributed by atoms with Crippen LogP contribution in [0.15, 0.2) is 46.2 Å². The zero-order valence-electron chi connectivity index (χ0n) is 11.8. The third kappa shape index (κ3) is 3.80.